The number of fused-ring (bicyclic) bond motifs is 1. The molecule has 0 aromatic heterocycles. The summed E-state index contributed by atoms with van der Waals surface area (Å²) in [7, 11) is 0. The Morgan fingerprint density at radius 1 is 1.06 bits per heavy atom. The highest BCUT2D eigenvalue weighted by Gasteiger charge is 2.40. The quantitative estimate of drug-likeness (QED) is 0.704. The molecule has 31 heavy (non-hydrogen) atoms. The molecule has 2 aromatic rings. The maximum Gasteiger partial charge on any atom is 0.416 e. The van der Waals surface area contributed by atoms with Gasteiger partial charge in [0.25, 0.3) is 17.1 Å². The van der Waals surface area contributed by atoms with Crippen LogP contribution in [0.25, 0.3) is 5.57 Å². The lowest BCUT2D eigenvalue weighted by atomic mass is 10.1. The molecule has 2 aromatic carbocycles. The number of rotatable bonds is 3. The number of halogens is 3. The van der Waals surface area contributed by atoms with Crippen molar-refractivity contribution in [2.45, 2.75) is 6.18 Å². The molecule has 4 amide bonds. The second-order valence-corrected chi connectivity index (χ2v) is 7.57. The zero-order valence-electron chi connectivity index (χ0n) is 15.4. The number of benzene rings is 2. The zero-order chi connectivity index (χ0) is 22.3. The van der Waals surface area contributed by atoms with E-state index in [1.165, 1.54) is 6.07 Å². The van der Waals surface area contributed by atoms with Crippen molar-refractivity contribution < 1.29 is 32.3 Å². The summed E-state index contributed by atoms with van der Waals surface area (Å²) in [6.07, 6.45) is -4.57. The number of carbonyl (C=O) groups excluding carboxylic acids is 4. The molecule has 2 aliphatic rings. The van der Waals surface area contributed by atoms with Gasteiger partial charge in [0, 0.05) is 11.3 Å². The van der Waals surface area contributed by atoms with Crippen molar-refractivity contribution in [3.63, 3.8) is 0 Å². The van der Waals surface area contributed by atoms with Gasteiger partial charge in [-0.1, -0.05) is 24.3 Å². The molecule has 7 nitrogen and oxygen atoms in total. The molecule has 11 heteroatoms. The molecule has 0 saturated carbocycles. The van der Waals surface area contributed by atoms with Gasteiger partial charge in [-0.2, -0.15) is 13.2 Å². The number of thioether (sulfide) groups is 1. The van der Waals surface area contributed by atoms with Crippen LogP contribution in [0, 0.1) is 0 Å². The molecule has 2 heterocycles. The molecule has 0 aliphatic carbocycles. The van der Waals surface area contributed by atoms with Crippen molar-refractivity contribution in [1.82, 2.24) is 5.32 Å². The summed E-state index contributed by atoms with van der Waals surface area (Å²) in [6, 6.07) is 10.5. The van der Waals surface area contributed by atoms with Crippen molar-refractivity contribution in [2.24, 2.45) is 0 Å². The standard InChI is InChI=1S/C20H12F3N3O4S/c21-20(22,23)10-4-3-5-11(8-10)24-14(27)9-26-13-7-2-1-6-12(13)15(18(26)29)16-17(28)25-19(30)31-16/h1-8H,9H2,(H,24,27)(H,25,28,30)/b16-15+. The van der Waals surface area contributed by atoms with Crippen LogP contribution in [0.15, 0.2) is 53.4 Å². The highest BCUT2D eigenvalue weighted by atomic mass is 32.2. The summed E-state index contributed by atoms with van der Waals surface area (Å²) in [6.45, 7) is -0.497. The number of alkyl halides is 3. The summed E-state index contributed by atoms with van der Waals surface area (Å²) in [5.74, 6) is -2.09. The van der Waals surface area contributed by atoms with E-state index in [-0.39, 0.29) is 16.2 Å². The third kappa shape index (κ3) is 3.91. The van der Waals surface area contributed by atoms with Gasteiger partial charge in [-0.05, 0) is 36.0 Å². The van der Waals surface area contributed by atoms with E-state index in [1.54, 1.807) is 24.3 Å². The van der Waals surface area contributed by atoms with Crippen molar-refractivity contribution in [2.75, 3.05) is 16.8 Å². The lowest BCUT2D eigenvalue weighted by molar-refractivity contribution is -0.137. The number of anilines is 2. The largest absolute Gasteiger partial charge is 0.416 e. The van der Waals surface area contributed by atoms with Crippen LogP contribution >= 0.6 is 11.8 Å². The number of para-hydroxylation sites is 1. The lowest BCUT2D eigenvalue weighted by Crippen LogP contribution is -2.35. The van der Waals surface area contributed by atoms with Gasteiger partial charge in [0.1, 0.15) is 6.54 Å². The lowest BCUT2D eigenvalue weighted by Gasteiger charge is -2.17. The van der Waals surface area contributed by atoms with E-state index in [9.17, 15) is 32.3 Å². The Balaban J connectivity index is 1.60. The molecule has 158 valence electrons. The molecular formula is C20H12F3N3O4S. The smallest absolute Gasteiger partial charge is 0.325 e. The third-order valence-electron chi connectivity index (χ3n) is 4.54. The van der Waals surface area contributed by atoms with Crippen LogP contribution in [0.1, 0.15) is 11.1 Å². The van der Waals surface area contributed by atoms with Gasteiger partial charge in [0.15, 0.2) is 0 Å². The van der Waals surface area contributed by atoms with Crippen LogP contribution in [0.5, 0.6) is 0 Å². The molecule has 0 spiro atoms. The van der Waals surface area contributed by atoms with E-state index < -0.39 is 41.2 Å². The van der Waals surface area contributed by atoms with Crippen LogP contribution < -0.4 is 15.5 Å². The fourth-order valence-corrected chi connectivity index (χ4v) is 4.02. The van der Waals surface area contributed by atoms with Gasteiger partial charge in [-0.3, -0.25) is 29.4 Å². The van der Waals surface area contributed by atoms with E-state index >= 15 is 0 Å². The molecule has 2 aliphatic heterocycles. The van der Waals surface area contributed by atoms with Gasteiger partial charge >= 0.3 is 6.18 Å². The number of nitrogens with zero attached hydrogens (tertiary/aromatic N) is 1. The number of amides is 4. The Labute approximate surface area is 177 Å². The van der Waals surface area contributed by atoms with Gasteiger partial charge in [-0.15, -0.1) is 0 Å². The minimum absolute atomic E-state index is 0.00387. The fraction of sp³-hybridized carbons (Fsp3) is 0.100. The summed E-state index contributed by atoms with van der Waals surface area (Å²) in [4.78, 5) is 50.1. The van der Waals surface area contributed by atoms with Crippen LogP contribution in [-0.2, 0) is 20.6 Å². The first-order valence-electron chi connectivity index (χ1n) is 8.81. The zero-order valence-corrected chi connectivity index (χ0v) is 16.3. The van der Waals surface area contributed by atoms with Crippen molar-refractivity contribution in [3.8, 4) is 0 Å². The first-order valence-corrected chi connectivity index (χ1v) is 9.62. The summed E-state index contributed by atoms with van der Waals surface area (Å²) in [5.41, 5.74) is -0.270. The average Bonchev–Trinajstić information content (AvgIpc) is 3.17. The molecule has 0 radical (unpaired) electrons. The molecule has 0 atom stereocenters. The summed E-state index contributed by atoms with van der Waals surface area (Å²) < 4.78 is 38.6. The second-order valence-electron chi connectivity index (χ2n) is 6.58. The van der Waals surface area contributed by atoms with Crippen LogP contribution in [0.3, 0.4) is 0 Å². The fourth-order valence-electron chi connectivity index (χ4n) is 3.25. The van der Waals surface area contributed by atoms with E-state index in [0.29, 0.717) is 23.0 Å². The highest BCUT2D eigenvalue weighted by Crippen LogP contribution is 2.42. The monoisotopic (exact) mass is 447 g/mol. The molecule has 0 bridgehead atoms. The normalized spacial score (nSPS) is 18.3. The Morgan fingerprint density at radius 3 is 2.48 bits per heavy atom. The number of carbonyl (C=O) groups is 4. The van der Waals surface area contributed by atoms with Crippen molar-refractivity contribution in [1.29, 1.82) is 0 Å². The Hall–Kier alpha value is -3.60. The summed E-state index contributed by atoms with van der Waals surface area (Å²) >= 11 is 0.591. The van der Waals surface area contributed by atoms with Gasteiger partial charge in [0.05, 0.1) is 21.7 Å². The summed E-state index contributed by atoms with van der Waals surface area (Å²) in [5, 5.41) is 3.82. The maximum atomic E-state index is 13.0. The first-order chi connectivity index (χ1) is 14.6. The number of imide groups is 1. The molecule has 4 rings (SSSR count). The maximum absolute atomic E-state index is 13.0. The van der Waals surface area contributed by atoms with E-state index in [4.69, 9.17) is 0 Å². The van der Waals surface area contributed by atoms with Gasteiger partial charge in [-0.25, -0.2) is 0 Å². The molecule has 1 saturated heterocycles. The Bertz CT molecular complexity index is 1180. The van der Waals surface area contributed by atoms with E-state index in [1.807, 2.05) is 0 Å². The average molecular weight is 447 g/mol. The van der Waals surface area contributed by atoms with E-state index in [0.717, 1.165) is 23.1 Å². The van der Waals surface area contributed by atoms with Crippen LogP contribution in [-0.4, -0.2) is 29.5 Å². The molecular weight excluding hydrogens is 435 g/mol. The van der Waals surface area contributed by atoms with E-state index in [2.05, 4.69) is 10.6 Å². The first kappa shape index (κ1) is 20.7. The van der Waals surface area contributed by atoms with Gasteiger partial charge < -0.3 is 5.32 Å². The molecule has 0 unspecified atom stereocenters. The predicted molar refractivity (Wildman–Crippen MR) is 107 cm³/mol. The minimum atomic E-state index is -4.57. The highest BCUT2D eigenvalue weighted by molar-refractivity contribution is 8.18. The number of nitrogens with one attached hydrogen (secondary N) is 2. The molecule has 2 N–H and O–H groups in total. The minimum Gasteiger partial charge on any atom is -0.325 e. The predicted octanol–water partition coefficient (Wildman–Crippen LogP) is 3.38. The number of hydrogen-bond donors (Lipinski definition) is 2. The topological polar surface area (TPSA) is 95.6 Å². The second kappa shape index (κ2) is 7.58. The third-order valence-corrected chi connectivity index (χ3v) is 5.42. The Morgan fingerprint density at radius 2 is 1.81 bits per heavy atom. The van der Waals surface area contributed by atoms with Crippen LogP contribution in [0.2, 0.25) is 0 Å². The van der Waals surface area contributed by atoms with Crippen LogP contribution in [0.4, 0.5) is 29.3 Å². The SMILES string of the molecule is O=C(CN1C(=O)/C(=C2/SC(=O)NC2=O)c2ccccc21)Nc1cccc(C(F)(F)F)c1. The van der Waals surface area contributed by atoms with Crippen molar-refractivity contribution >= 4 is 51.7 Å². The van der Waals surface area contributed by atoms with Gasteiger partial charge in [0.2, 0.25) is 5.91 Å². The number of hydrogen-bond acceptors (Lipinski definition) is 5. The van der Waals surface area contributed by atoms with Crippen molar-refractivity contribution in [3.05, 3.63) is 64.6 Å². The Kier molecular flexibility index (Phi) is 5.05. The molecule has 1 fully saturated rings.